The summed E-state index contributed by atoms with van der Waals surface area (Å²) in [5.41, 5.74) is 3.18. The lowest BCUT2D eigenvalue weighted by molar-refractivity contribution is 0.00200. The van der Waals surface area contributed by atoms with Gasteiger partial charge in [0.2, 0.25) is 0 Å². The maximum atomic E-state index is 13.8. The Morgan fingerprint density at radius 1 is 1.25 bits per heavy atom. The van der Waals surface area contributed by atoms with E-state index in [0.29, 0.717) is 17.8 Å². The average Bonchev–Trinajstić information content (AvgIpc) is 3.00. The number of para-hydroxylation sites is 1. The zero-order valence-electron chi connectivity index (χ0n) is 17.0. The molecule has 1 aromatic carbocycles. The van der Waals surface area contributed by atoms with E-state index in [1.54, 1.807) is 23.1 Å². The number of benzene rings is 1. The topological polar surface area (TPSA) is 44.1 Å². The van der Waals surface area contributed by atoms with Crippen LogP contribution in [0, 0.1) is 12.8 Å². The zero-order chi connectivity index (χ0) is 20.0. The molecular weight excluding hydrogens is 388 g/mol. The van der Waals surface area contributed by atoms with Crippen LogP contribution < -0.4 is 5.56 Å². The van der Waals surface area contributed by atoms with Crippen molar-refractivity contribution in [3.63, 3.8) is 0 Å². The number of hydrogen-bond donors (Lipinski definition) is 0. The van der Waals surface area contributed by atoms with Gasteiger partial charge in [0.05, 0.1) is 23.8 Å². The molecule has 4 rings (SSSR count). The summed E-state index contributed by atoms with van der Waals surface area (Å²) in [4.78, 5) is 20.7. The third kappa shape index (κ3) is 3.42. The first-order valence-corrected chi connectivity index (χ1v) is 11.5. The molecular formula is C22H26N2O2S2. The number of aryl methyl sites for hydroxylation is 1. The third-order valence-electron chi connectivity index (χ3n) is 5.15. The number of thioether (sulfide) groups is 1. The van der Waals surface area contributed by atoms with E-state index in [1.807, 2.05) is 35.8 Å². The van der Waals surface area contributed by atoms with Gasteiger partial charge in [-0.1, -0.05) is 57.7 Å². The fourth-order valence-corrected chi connectivity index (χ4v) is 5.68. The Morgan fingerprint density at radius 3 is 2.68 bits per heavy atom. The maximum absolute atomic E-state index is 13.8. The number of ether oxygens (including phenoxy) is 1. The number of hydrogen-bond acceptors (Lipinski definition) is 5. The Bertz CT molecular complexity index is 1080. The lowest BCUT2D eigenvalue weighted by Crippen LogP contribution is -2.28. The molecule has 148 valence electrons. The second-order valence-corrected chi connectivity index (χ2v) is 10.6. The molecule has 0 N–H and O–H groups in total. The Morgan fingerprint density at radius 2 is 2.00 bits per heavy atom. The summed E-state index contributed by atoms with van der Waals surface area (Å²) >= 11 is 3.25. The molecule has 1 aliphatic rings. The number of rotatable bonds is 4. The van der Waals surface area contributed by atoms with Crippen molar-refractivity contribution >= 4 is 33.3 Å². The first kappa shape index (κ1) is 19.7. The Kier molecular flexibility index (Phi) is 5.38. The lowest BCUT2D eigenvalue weighted by atomic mass is 9.96. The van der Waals surface area contributed by atoms with Crippen molar-refractivity contribution in [2.24, 2.45) is 5.92 Å². The molecule has 0 bridgehead atoms. The van der Waals surface area contributed by atoms with Gasteiger partial charge in [-0.25, -0.2) is 4.98 Å². The molecule has 2 aromatic heterocycles. The molecule has 3 aromatic rings. The van der Waals surface area contributed by atoms with Crippen LogP contribution in [-0.4, -0.2) is 20.9 Å². The quantitative estimate of drug-likeness (QED) is 0.426. The molecule has 3 heterocycles. The van der Waals surface area contributed by atoms with Gasteiger partial charge in [0.15, 0.2) is 5.16 Å². The van der Waals surface area contributed by atoms with Crippen LogP contribution in [0.25, 0.3) is 15.9 Å². The SMILES string of the molecule is Cc1ccccc1-n1c(SC(C)C)nc2sc3c(c2c1=O)C[C@@H](C(C)C)OC3. The second kappa shape index (κ2) is 7.65. The Balaban J connectivity index is 1.99. The zero-order valence-corrected chi connectivity index (χ0v) is 18.6. The summed E-state index contributed by atoms with van der Waals surface area (Å²) in [6.45, 7) is 11.2. The molecule has 1 aliphatic heterocycles. The fourth-order valence-electron chi connectivity index (χ4n) is 3.65. The highest BCUT2D eigenvalue weighted by Gasteiger charge is 2.29. The smallest absolute Gasteiger partial charge is 0.267 e. The lowest BCUT2D eigenvalue weighted by Gasteiger charge is -2.26. The van der Waals surface area contributed by atoms with Crippen LogP contribution >= 0.6 is 23.1 Å². The molecule has 1 atom stereocenters. The van der Waals surface area contributed by atoms with Crippen molar-refractivity contribution in [3.05, 3.63) is 50.6 Å². The van der Waals surface area contributed by atoms with Gasteiger partial charge in [0, 0.05) is 16.5 Å². The van der Waals surface area contributed by atoms with Crippen molar-refractivity contribution < 1.29 is 4.74 Å². The highest BCUT2D eigenvalue weighted by atomic mass is 32.2. The summed E-state index contributed by atoms with van der Waals surface area (Å²) in [6.07, 6.45) is 0.940. The minimum atomic E-state index is 0.0457. The molecule has 0 saturated carbocycles. The highest BCUT2D eigenvalue weighted by molar-refractivity contribution is 7.99. The molecule has 0 aliphatic carbocycles. The van der Waals surface area contributed by atoms with Crippen LogP contribution in [-0.2, 0) is 17.8 Å². The van der Waals surface area contributed by atoms with Gasteiger partial charge in [-0.15, -0.1) is 11.3 Å². The van der Waals surface area contributed by atoms with Gasteiger partial charge < -0.3 is 4.74 Å². The van der Waals surface area contributed by atoms with Crippen molar-refractivity contribution in [2.75, 3.05) is 0 Å². The van der Waals surface area contributed by atoms with Crippen LogP contribution in [0.1, 0.15) is 43.7 Å². The van der Waals surface area contributed by atoms with Crippen LogP contribution in [0.15, 0.2) is 34.2 Å². The van der Waals surface area contributed by atoms with Crippen LogP contribution in [0.3, 0.4) is 0 Å². The van der Waals surface area contributed by atoms with E-state index in [0.717, 1.165) is 43.5 Å². The standard InChI is InChI=1S/C22H26N2O2S2/c1-12(2)17-10-15-18(11-26-17)28-20-19(15)21(25)24(22(23-20)27-13(3)4)16-9-7-6-8-14(16)5/h6-9,12-13,17H,10-11H2,1-5H3/t17-/m0/s1. The fraction of sp³-hybridized carbons (Fsp3) is 0.455. The predicted molar refractivity (Wildman–Crippen MR) is 118 cm³/mol. The van der Waals surface area contributed by atoms with E-state index >= 15 is 0 Å². The van der Waals surface area contributed by atoms with E-state index in [1.165, 1.54) is 0 Å². The van der Waals surface area contributed by atoms with E-state index in [-0.39, 0.29) is 11.7 Å². The van der Waals surface area contributed by atoms with Gasteiger partial charge in [0.1, 0.15) is 4.83 Å². The van der Waals surface area contributed by atoms with Crippen molar-refractivity contribution in [2.45, 2.75) is 64.2 Å². The van der Waals surface area contributed by atoms with Gasteiger partial charge >= 0.3 is 0 Å². The van der Waals surface area contributed by atoms with Crippen molar-refractivity contribution in [3.8, 4) is 5.69 Å². The monoisotopic (exact) mass is 414 g/mol. The highest BCUT2D eigenvalue weighted by Crippen LogP contribution is 2.36. The van der Waals surface area contributed by atoms with Gasteiger partial charge in [-0.3, -0.25) is 9.36 Å². The number of fused-ring (bicyclic) bond motifs is 3. The molecule has 6 heteroatoms. The molecule has 0 unspecified atom stereocenters. The second-order valence-electron chi connectivity index (χ2n) is 7.97. The van der Waals surface area contributed by atoms with E-state index in [2.05, 4.69) is 27.7 Å². The number of aromatic nitrogens is 2. The minimum Gasteiger partial charge on any atom is -0.372 e. The molecule has 0 amide bonds. The molecule has 0 radical (unpaired) electrons. The number of nitrogens with zero attached hydrogens (tertiary/aromatic N) is 2. The van der Waals surface area contributed by atoms with Gasteiger partial charge in [0.25, 0.3) is 5.56 Å². The Labute approximate surface area is 174 Å². The van der Waals surface area contributed by atoms with Gasteiger partial charge in [-0.05, 0) is 30.0 Å². The first-order valence-electron chi connectivity index (χ1n) is 9.78. The molecule has 0 spiro atoms. The first-order chi connectivity index (χ1) is 13.4. The van der Waals surface area contributed by atoms with Crippen LogP contribution in [0.5, 0.6) is 0 Å². The van der Waals surface area contributed by atoms with Crippen molar-refractivity contribution in [1.29, 1.82) is 0 Å². The van der Waals surface area contributed by atoms with E-state index in [9.17, 15) is 4.79 Å². The summed E-state index contributed by atoms with van der Waals surface area (Å²) in [6, 6.07) is 8.03. The summed E-state index contributed by atoms with van der Waals surface area (Å²) in [5.74, 6) is 0.422. The largest absolute Gasteiger partial charge is 0.372 e. The minimum absolute atomic E-state index is 0.0457. The summed E-state index contributed by atoms with van der Waals surface area (Å²) in [7, 11) is 0. The molecule has 0 saturated heterocycles. The summed E-state index contributed by atoms with van der Waals surface area (Å²) < 4.78 is 7.85. The van der Waals surface area contributed by atoms with Crippen LogP contribution in [0.2, 0.25) is 0 Å². The average molecular weight is 415 g/mol. The van der Waals surface area contributed by atoms with Crippen molar-refractivity contribution in [1.82, 2.24) is 9.55 Å². The maximum Gasteiger partial charge on any atom is 0.267 e. The summed E-state index contributed by atoms with van der Waals surface area (Å²) in [5, 5.41) is 1.88. The Hall–Kier alpha value is -1.63. The normalized spacial score (nSPS) is 16.9. The van der Waals surface area contributed by atoms with Crippen LogP contribution in [0.4, 0.5) is 0 Å². The van der Waals surface area contributed by atoms with E-state index in [4.69, 9.17) is 9.72 Å². The third-order valence-corrected chi connectivity index (χ3v) is 7.21. The molecule has 0 fully saturated rings. The molecule has 28 heavy (non-hydrogen) atoms. The number of thiophene rings is 1. The predicted octanol–water partition coefficient (Wildman–Crippen LogP) is 5.35. The molecule has 4 nitrogen and oxygen atoms in total. The van der Waals surface area contributed by atoms with E-state index < -0.39 is 0 Å². The van der Waals surface area contributed by atoms with Gasteiger partial charge in [-0.2, -0.15) is 0 Å².